The van der Waals surface area contributed by atoms with Gasteiger partial charge in [-0.05, 0) is 31.4 Å². The highest BCUT2D eigenvalue weighted by molar-refractivity contribution is 5.30. The van der Waals surface area contributed by atoms with Gasteiger partial charge in [-0.25, -0.2) is 0 Å². The zero-order chi connectivity index (χ0) is 8.55. The maximum atomic E-state index is 5.71. The SMILES string of the molecule is C[C@@H]1Cc2ccccc2[C@H](C)O1. The summed E-state index contributed by atoms with van der Waals surface area (Å²) in [6.45, 7) is 4.25. The lowest BCUT2D eigenvalue weighted by Gasteiger charge is -2.27. The van der Waals surface area contributed by atoms with Crippen molar-refractivity contribution in [2.24, 2.45) is 0 Å². The molecular formula is C11H14O. The number of rotatable bonds is 0. The Labute approximate surface area is 73.4 Å². The third-order valence-electron chi connectivity index (χ3n) is 2.44. The van der Waals surface area contributed by atoms with Crippen LogP contribution in [0.15, 0.2) is 24.3 Å². The van der Waals surface area contributed by atoms with Crippen molar-refractivity contribution in [1.82, 2.24) is 0 Å². The van der Waals surface area contributed by atoms with Gasteiger partial charge in [-0.15, -0.1) is 0 Å². The van der Waals surface area contributed by atoms with E-state index >= 15 is 0 Å². The fourth-order valence-electron chi connectivity index (χ4n) is 1.90. The molecule has 2 rings (SSSR count). The molecule has 0 unspecified atom stereocenters. The molecule has 1 aromatic carbocycles. The molecule has 0 saturated heterocycles. The number of fused-ring (bicyclic) bond motifs is 1. The van der Waals surface area contributed by atoms with E-state index in [4.69, 9.17) is 4.74 Å². The Morgan fingerprint density at radius 2 is 2.00 bits per heavy atom. The lowest BCUT2D eigenvalue weighted by atomic mass is 9.96. The van der Waals surface area contributed by atoms with Crippen molar-refractivity contribution in [3.05, 3.63) is 35.4 Å². The van der Waals surface area contributed by atoms with Crippen LogP contribution in [0.2, 0.25) is 0 Å². The molecule has 1 heterocycles. The van der Waals surface area contributed by atoms with Gasteiger partial charge in [0.15, 0.2) is 0 Å². The minimum absolute atomic E-state index is 0.268. The van der Waals surface area contributed by atoms with Crippen molar-refractivity contribution in [3.63, 3.8) is 0 Å². The predicted molar refractivity (Wildman–Crippen MR) is 49.1 cm³/mol. The summed E-state index contributed by atoms with van der Waals surface area (Å²) in [5.74, 6) is 0. The van der Waals surface area contributed by atoms with Crippen LogP contribution in [0.4, 0.5) is 0 Å². The summed E-state index contributed by atoms with van der Waals surface area (Å²) in [5.41, 5.74) is 2.80. The molecule has 0 radical (unpaired) electrons. The van der Waals surface area contributed by atoms with Crippen molar-refractivity contribution in [1.29, 1.82) is 0 Å². The van der Waals surface area contributed by atoms with E-state index in [0.29, 0.717) is 6.10 Å². The number of hydrogen-bond donors (Lipinski definition) is 0. The highest BCUT2D eigenvalue weighted by Gasteiger charge is 2.20. The number of ether oxygens (including phenoxy) is 1. The average Bonchev–Trinajstić information content (AvgIpc) is 2.04. The molecule has 0 fully saturated rings. The van der Waals surface area contributed by atoms with Crippen LogP contribution in [-0.2, 0) is 11.2 Å². The second-order valence-corrected chi connectivity index (χ2v) is 3.49. The fraction of sp³-hybridized carbons (Fsp3) is 0.455. The molecule has 12 heavy (non-hydrogen) atoms. The Hall–Kier alpha value is -0.820. The molecule has 64 valence electrons. The van der Waals surface area contributed by atoms with Gasteiger partial charge in [0.2, 0.25) is 0 Å². The Balaban J connectivity index is 2.40. The summed E-state index contributed by atoms with van der Waals surface area (Å²) < 4.78 is 5.71. The van der Waals surface area contributed by atoms with Crippen LogP contribution < -0.4 is 0 Å². The van der Waals surface area contributed by atoms with E-state index in [1.807, 2.05) is 0 Å². The first-order valence-corrected chi connectivity index (χ1v) is 4.50. The average molecular weight is 162 g/mol. The van der Waals surface area contributed by atoms with E-state index < -0.39 is 0 Å². The smallest absolute Gasteiger partial charge is 0.0803 e. The summed E-state index contributed by atoms with van der Waals surface area (Å²) >= 11 is 0. The Morgan fingerprint density at radius 1 is 1.25 bits per heavy atom. The van der Waals surface area contributed by atoms with Crippen LogP contribution in [0.1, 0.15) is 31.1 Å². The lowest BCUT2D eigenvalue weighted by Crippen LogP contribution is -2.21. The van der Waals surface area contributed by atoms with Crippen LogP contribution in [0.5, 0.6) is 0 Å². The molecule has 0 bridgehead atoms. The van der Waals surface area contributed by atoms with E-state index in [9.17, 15) is 0 Å². The Kier molecular flexibility index (Phi) is 1.89. The summed E-state index contributed by atoms with van der Waals surface area (Å²) in [4.78, 5) is 0. The predicted octanol–water partition coefficient (Wildman–Crippen LogP) is 2.71. The molecule has 1 heteroatoms. The van der Waals surface area contributed by atoms with Crippen LogP contribution in [0.25, 0.3) is 0 Å². The molecule has 2 atom stereocenters. The summed E-state index contributed by atoms with van der Waals surface area (Å²) in [7, 11) is 0. The highest BCUT2D eigenvalue weighted by Crippen LogP contribution is 2.28. The highest BCUT2D eigenvalue weighted by atomic mass is 16.5. The molecule has 0 spiro atoms. The number of hydrogen-bond acceptors (Lipinski definition) is 1. The van der Waals surface area contributed by atoms with E-state index in [1.165, 1.54) is 11.1 Å². The normalized spacial score (nSPS) is 28.2. The van der Waals surface area contributed by atoms with E-state index in [1.54, 1.807) is 0 Å². The van der Waals surface area contributed by atoms with Crippen molar-refractivity contribution >= 4 is 0 Å². The van der Waals surface area contributed by atoms with Crippen LogP contribution in [0.3, 0.4) is 0 Å². The zero-order valence-electron chi connectivity index (χ0n) is 7.58. The minimum atomic E-state index is 0.268. The van der Waals surface area contributed by atoms with E-state index in [-0.39, 0.29) is 6.10 Å². The molecule has 0 amide bonds. The minimum Gasteiger partial charge on any atom is -0.371 e. The van der Waals surface area contributed by atoms with Gasteiger partial charge in [0.1, 0.15) is 0 Å². The zero-order valence-corrected chi connectivity index (χ0v) is 7.58. The second-order valence-electron chi connectivity index (χ2n) is 3.49. The Morgan fingerprint density at radius 3 is 2.83 bits per heavy atom. The Bertz CT molecular complexity index is 280. The van der Waals surface area contributed by atoms with E-state index in [0.717, 1.165) is 6.42 Å². The molecular weight excluding hydrogens is 148 g/mol. The molecule has 1 nitrogen and oxygen atoms in total. The maximum absolute atomic E-state index is 5.71. The topological polar surface area (TPSA) is 9.23 Å². The quantitative estimate of drug-likeness (QED) is 0.570. The van der Waals surface area contributed by atoms with Gasteiger partial charge in [0, 0.05) is 0 Å². The van der Waals surface area contributed by atoms with Gasteiger partial charge >= 0.3 is 0 Å². The molecule has 1 aliphatic heterocycles. The summed E-state index contributed by atoms with van der Waals surface area (Å²) in [6.07, 6.45) is 1.69. The molecule has 1 aliphatic rings. The molecule has 0 saturated carbocycles. The first kappa shape index (κ1) is 7.81. The second kappa shape index (κ2) is 2.91. The van der Waals surface area contributed by atoms with Crippen LogP contribution in [-0.4, -0.2) is 6.10 Å². The van der Waals surface area contributed by atoms with Crippen LogP contribution >= 0.6 is 0 Å². The molecule has 1 aromatic rings. The van der Waals surface area contributed by atoms with Gasteiger partial charge in [-0.2, -0.15) is 0 Å². The summed E-state index contributed by atoms with van der Waals surface area (Å²) in [5, 5.41) is 0. The molecule has 0 aromatic heterocycles. The third kappa shape index (κ3) is 1.25. The van der Waals surface area contributed by atoms with Crippen molar-refractivity contribution < 1.29 is 4.74 Å². The fourth-order valence-corrected chi connectivity index (χ4v) is 1.90. The monoisotopic (exact) mass is 162 g/mol. The standard InChI is InChI=1S/C11H14O/c1-8-7-10-5-3-4-6-11(10)9(2)12-8/h3-6,8-9H,7H2,1-2H3/t8-,9+/m1/s1. The van der Waals surface area contributed by atoms with Crippen molar-refractivity contribution in [2.45, 2.75) is 32.5 Å². The van der Waals surface area contributed by atoms with Gasteiger partial charge in [0.05, 0.1) is 12.2 Å². The first-order valence-electron chi connectivity index (χ1n) is 4.50. The maximum Gasteiger partial charge on any atom is 0.0803 e. The van der Waals surface area contributed by atoms with Crippen molar-refractivity contribution in [3.8, 4) is 0 Å². The largest absolute Gasteiger partial charge is 0.371 e. The van der Waals surface area contributed by atoms with E-state index in [2.05, 4.69) is 38.1 Å². The van der Waals surface area contributed by atoms with Gasteiger partial charge in [-0.3, -0.25) is 0 Å². The van der Waals surface area contributed by atoms with Crippen molar-refractivity contribution in [2.75, 3.05) is 0 Å². The third-order valence-corrected chi connectivity index (χ3v) is 2.44. The lowest BCUT2D eigenvalue weighted by molar-refractivity contribution is -0.00468. The van der Waals surface area contributed by atoms with Gasteiger partial charge < -0.3 is 4.74 Å². The number of benzene rings is 1. The van der Waals surface area contributed by atoms with Gasteiger partial charge in [-0.1, -0.05) is 24.3 Å². The van der Waals surface area contributed by atoms with Crippen LogP contribution in [0, 0.1) is 0 Å². The van der Waals surface area contributed by atoms with Gasteiger partial charge in [0.25, 0.3) is 0 Å². The molecule has 0 N–H and O–H groups in total. The first-order chi connectivity index (χ1) is 5.77. The summed E-state index contributed by atoms with van der Waals surface area (Å²) in [6, 6.07) is 8.54. The molecule has 0 aliphatic carbocycles.